The molecule has 1 unspecified atom stereocenters. The Morgan fingerprint density at radius 2 is 1.95 bits per heavy atom. The van der Waals surface area contributed by atoms with Crippen LogP contribution in [0.25, 0.3) is 0 Å². The maximum Gasteiger partial charge on any atom is 0.137 e. The molecular weight excluding hydrogens is 266 g/mol. The van der Waals surface area contributed by atoms with Crippen LogP contribution in [0.2, 0.25) is 5.02 Å². The standard InChI is InChI=1S/C14H14ClNO3/c1-18-13-6-10(7-16-8-13)14(17)9-19-12-4-2-11(15)3-5-12/h2-8,14,17H,9H2,1H3. The quantitative estimate of drug-likeness (QED) is 0.914. The van der Waals surface area contributed by atoms with Gasteiger partial charge in [-0.15, -0.1) is 0 Å². The fourth-order valence-electron chi connectivity index (χ4n) is 1.53. The number of pyridine rings is 1. The van der Waals surface area contributed by atoms with E-state index in [9.17, 15) is 5.11 Å². The number of ether oxygens (including phenoxy) is 2. The monoisotopic (exact) mass is 279 g/mol. The van der Waals surface area contributed by atoms with Crippen molar-refractivity contribution in [2.24, 2.45) is 0 Å². The average molecular weight is 280 g/mol. The lowest BCUT2D eigenvalue weighted by molar-refractivity contribution is 0.107. The smallest absolute Gasteiger partial charge is 0.137 e. The lowest BCUT2D eigenvalue weighted by Crippen LogP contribution is -2.10. The zero-order valence-corrected chi connectivity index (χ0v) is 11.2. The predicted octanol–water partition coefficient (Wildman–Crippen LogP) is 2.86. The van der Waals surface area contributed by atoms with Crippen molar-refractivity contribution in [2.45, 2.75) is 6.10 Å². The van der Waals surface area contributed by atoms with Crippen LogP contribution < -0.4 is 9.47 Å². The summed E-state index contributed by atoms with van der Waals surface area (Å²) in [5.74, 6) is 1.25. The summed E-state index contributed by atoms with van der Waals surface area (Å²) >= 11 is 5.78. The van der Waals surface area contributed by atoms with E-state index in [1.165, 1.54) is 0 Å². The van der Waals surface area contributed by atoms with Gasteiger partial charge in [0.25, 0.3) is 0 Å². The van der Waals surface area contributed by atoms with Crippen molar-refractivity contribution in [1.82, 2.24) is 4.98 Å². The third-order valence-corrected chi connectivity index (χ3v) is 2.83. The van der Waals surface area contributed by atoms with Gasteiger partial charge in [0.05, 0.1) is 13.3 Å². The van der Waals surface area contributed by atoms with Gasteiger partial charge in [-0.05, 0) is 30.3 Å². The first-order valence-electron chi connectivity index (χ1n) is 5.74. The third-order valence-electron chi connectivity index (χ3n) is 2.58. The van der Waals surface area contributed by atoms with Crippen LogP contribution in [0.15, 0.2) is 42.7 Å². The molecule has 0 saturated carbocycles. The second kappa shape index (κ2) is 6.41. The highest BCUT2D eigenvalue weighted by Crippen LogP contribution is 2.20. The molecule has 1 heterocycles. The molecule has 0 radical (unpaired) electrons. The molecule has 1 atom stereocenters. The number of rotatable bonds is 5. The first kappa shape index (κ1) is 13.6. The van der Waals surface area contributed by atoms with Crippen molar-refractivity contribution in [3.8, 4) is 11.5 Å². The summed E-state index contributed by atoms with van der Waals surface area (Å²) < 4.78 is 10.5. The average Bonchev–Trinajstić information content (AvgIpc) is 2.46. The Hall–Kier alpha value is -1.78. The lowest BCUT2D eigenvalue weighted by Gasteiger charge is -2.13. The molecule has 0 aliphatic rings. The minimum absolute atomic E-state index is 0.135. The number of aromatic nitrogens is 1. The summed E-state index contributed by atoms with van der Waals surface area (Å²) in [7, 11) is 1.55. The van der Waals surface area contributed by atoms with E-state index in [2.05, 4.69) is 4.98 Å². The zero-order chi connectivity index (χ0) is 13.7. The highest BCUT2D eigenvalue weighted by molar-refractivity contribution is 6.30. The van der Waals surface area contributed by atoms with E-state index >= 15 is 0 Å². The molecule has 0 saturated heterocycles. The summed E-state index contributed by atoms with van der Waals surface area (Å²) in [4.78, 5) is 3.99. The number of aliphatic hydroxyl groups excluding tert-OH is 1. The molecule has 5 heteroatoms. The Bertz CT molecular complexity index is 530. The molecule has 2 aromatic rings. The van der Waals surface area contributed by atoms with Crippen LogP contribution in [0.1, 0.15) is 11.7 Å². The number of methoxy groups -OCH3 is 1. The number of hydrogen-bond donors (Lipinski definition) is 1. The minimum Gasteiger partial charge on any atom is -0.495 e. The van der Waals surface area contributed by atoms with E-state index in [1.54, 1.807) is 49.8 Å². The molecular formula is C14H14ClNO3. The first-order chi connectivity index (χ1) is 9.19. The van der Waals surface area contributed by atoms with Crippen LogP contribution in [0.4, 0.5) is 0 Å². The van der Waals surface area contributed by atoms with Gasteiger partial charge in [0.2, 0.25) is 0 Å². The second-order valence-corrected chi connectivity index (χ2v) is 4.38. The number of benzene rings is 1. The molecule has 0 bridgehead atoms. The van der Waals surface area contributed by atoms with E-state index in [1.807, 2.05) is 0 Å². The van der Waals surface area contributed by atoms with Gasteiger partial charge in [0, 0.05) is 16.8 Å². The highest BCUT2D eigenvalue weighted by Gasteiger charge is 2.10. The number of nitrogens with zero attached hydrogens (tertiary/aromatic N) is 1. The summed E-state index contributed by atoms with van der Waals surface area (Å²) in [5.41, 5.74) is 0.647. The lowest BCUT2D eigenvalue weighted by atomic mass is 10.2. The van der Waals surface area contributed by atoms with E-state index in [0.29, 0.717) is 22.1 Å². The molecule has 1 N–H and O–H groups in total. The van der Waals surface area contributed by atoms with Crippen molar-refractivity contribution in [2.75, 3.05) is 13.7 Å². The Kier molecular flexibility index (Phi) is 4.60. The summed E-state index contributed by atoms with van der Waals surface area (Å²) in [6.45, 7) is 0.135. The van der Waals surface area contributed by atoms with E-state index in [4.69, 9.17) is 21.1 Å². The van der Waals surface area contributed by atoms with Gasteiger partial charge in [-0.3, -0.25) is 4.98 Å². The highest BCUT2D eigenvalue weighted by atomic mass is 35.5. The first-order valence-corrected chi connectivity index (χ1v) is 6.12. The fourth-order valence-corrected chi connectivity index (χ4v) is 1.66. The molecule has 0 aliphatic heterocycles. The molecule has 19 heavy (non-hydrogen) atoms. The van der Waals surface area contributed by atoms with Gasteiger partial charge in [0.1, 0.15) is 24.2 Å². The van der Waals surface area contributed by atoms with Gasteiger partial charge < -0.3 is 14.6 Å². The Balaban J connectivity index is 1.96. The third kappa shape index (κ3) is 3.84. The molecule has 0 spiro atoms. The van der Waals surface area contributed by atoms with E-state index in [0.717, 1.165) is 0 Å². The normalized spacial score (nSPS) is 11.9. The summed E-state index contributed by atoms with van der Waals surface area (Å²) in [5, 5.41) is 10.7. The van der Waals surface area contributed by atoms with Crippen LogP contribution in [0, 0.1) is 0 Å². The van der Waals surface area contributed by atoms with Gasteiger partial charge in [0.15, 0.2) is 0 Å². The topological polar surface area (TPSA) is 51.6 Å². The summed E-state index contributed by atoms with van der Waals surface area (Å²) in [6.07, 6.45) is 2.40. The van der Waals surface area contributed by atoms with Gasteiger partial charge in [-0.2, -0.15) is 0 Å². The molecule has 100 valence electrons. The number of aliphatic hydroxyl groups is 1. The second-order valence-electron chi connectivity index (χ2n) is 3.94. The van der Waals surface area contributed by atoms with Crippen LogP contribution in [0.3, 0.4) is 0 Å². The van der Waals surface area contributed by atoms with Crippen molar-refractivity contribution in [3.05, 3.63) is 53.3 Å². The Labute approximate surface area is 116 Å². The van der Waals surface area contributed by atoms with Crippen LogP contribution in [-0.4, -0.2) is 23.8 Å². The fraction of sp³-hybridized carbons (Fsp3) is 0.214. The Morgan fingerprint density at radius 3 is 2.63 bits per heavy atom. The van der Waals surface area contributed by atoms with Crippen molar-refractivity contribution in [1.29, 1.82) is 0 Å². The van der Waals surface area contributed by atoms with Crippen molar-refractivity contribution < 1.29 is 14.6 Å². The maximum absolute atomic E-state index is 10.0. The van der Waals surface area contributed by atoms with Gasteiger partial charge in [-0.25, -0.2) is 0 Å². The summed E-state index contributed by atoms with van der Waals surface area (Å²) in [6, 6.07) is 8.69. The van der Waals surface area contributed by atoms with Crippen LogP contribution >= 0.6 is 11.6 Å². The minimum atomic E-state index is -0.765. The molecule has 1 aromatic carbocycles. The number of hydrogen-bond acceptors (Lipinski definition) is 4. The molecule has 4 nitrogen and oxygen atoms in total. The van der Waals surface area contributed by atoms with E-state index < -0.39 is 6.10 Å². The molecule has 1 aromatic heterocycles. The molecule has 2 rings (SSSR count). The van der Waals surface area contributed by atoms with Crippen LogP contribution in [0.5, 0.6) is 11.5 Å². The predicted molar refractivity (Wildman–Crippen MR) is 72.7 cm³/mol. The number of halogens is 1. The van der Waals surface area contributed by atoms with Gasteiger partial charge in [-0.1, -0.05) is 11.6 Å². The zero-order valence-electron chi connectivity index (χ0n) is 10.4. The van der Waals surface area contributed by atoms with Crippen LogP contribution in [-0.2, 0) is 0 Å². The molecule has 0 fully saturated rings. The van der Waals surface area contributed by atoms with Crippen molar-refractivity contribution in [3.63, 3.8) is 0 Å². The molecule has 0 amide bonds. The molecule has 0 aliphatic carbocycles. The Morgan fingerprint density at radius 1 is 1.21 bits per heavy atom. The van der Waals surface area contributed by atoms with Crippen molar-refractivity contribution >= 4 is 11.6 Å². The largest absolute Gasteiger partial charge is 0.495 e. The van der Waals surface area contributed by atoms with E-state index in [-0.39, 0.29) is 6.61 Å². The van der Waals surface area contributed by atoms with Gasteiger partial charge >= 0.3 is 0 Å². The maximum atomic E-state index is 10.0. The SMILES string of the molecule is COc1cncc(C(O)COc2ccc(Cl)cc2)c1.